The van der Waals surface area contributed by atoms with Crippen molar-refractivity contribution in [1.82, 2.24) is 0 Å². The van der Waals surface area contributed by atoms with Gasteiger partial charge in [0.1, 0.15) is 16.7 Å². The maximum absolute atomic E-state index is 11.9. The van der Waals surface area contributed by atoms with Gasteiger partial charge in [-0.05, 0) is 139 Å². The molecule has 0 spiro atoms. The highest BCUT2D eigenvalue weighted by Crippen LogP contribution is 2.52. The second-order valence-electron chi connectivity index (χ2n) is 17.5. The third-order valence-electron chi connectivity index (χ3n) is 12.6. The second kappa shape index (κ2) is 18.2. The smallest absolute Gasteiger partial charge is 0.210 e. The van der Waals surface area contributed by atoms with Gasteiger partial charge in [0.2, 0.25) is 5.69 Å². The highest BCUT2D eigenvalue weighted by molar-refractivity contribution is 7.94. The average Bonchev–Trinajstić information content (AvgIpc) is 3.75. The molecule has 2 aliphatic heterocycles. The molecule has 0 aromatic heterocycles. The molecule has 0 atom stereocenters. The number of nitrogens with zero attached hydrogens (tertiary/aromatic N) is 2. The van der Waals surface area contributed by atoms with Gasteiger partial charge >= 0.3 is 0 Å². The van der Waals surface area contributed by atoms with Gasteiger partial charge in [0, 0.05) is 63.9 Å². The van der Waals surface area contributed by atoms with Gasteiger partial charge in [-0.25, -0.2) is 25.3 Å². The summed E-state index contributed by atoms with van der Waals surface area (Å²) in [6.45, 7) is 11.5. The van der Waals surface area contributed by atoms with Crippen LogP contribution in [-0.2, 0) is 50.6 Å². The van der Waals surface area contributed by atoms with Gasteiger partial charge in [-0.3, -0.25) is 5.04 Å². The van der Waals surface area contributed by atoms with Crippen LogP contribution >= 0.6 is 12.0 Å². The van der Waals surface area contributed by atoms with E-state index in [1.54, 1.807) is 12.1 Å². The van der Waals surface area contributed by atoms with Gasteiger partial charge in [-0.15, -0.1) is 0 Å². The van der Waals surface area contributed by atoms with Crippen molar-refractivity contribution in [2.75, 3.05) is 29.5 Å². The number of hydrogen-bond donors (Lipinski definition) is 0. The predicted molar refractivity (Wildman–Crippen MR) is 242 cm³/mol. The Labute approximate surface area is 379 Å². The van der Waals surface area contributed by atoms with Crippen molar-refractivity contribution >= 4 is 81.0 Å². The standard InChI is InChI=1S/C46H52N2O12S4/c1-30-31(14-22-41-45(2,3)43-37-18-16-35(61-60-59-49)28-33(37)12-20-39(43)47(41)24-6-8-26-62(50,51)52)10-11-32(30)15-23-42-46(4,5)44-38-19-17-36(64(56,57)58)29-34(38)13-21-40(44)48(42)25-7-9-27-63(53,54)55/h12-23,28-29H,6-11,24-27H2,1-5H3,(H3-,49,50,51,52,53,54,55,56,57,58)/p-3. The zero-order chi connectivity index (χ0) is 46.4. The lowest BCUT2D eigenvalue weighted by Gasteiger charge is -2.27. The normalized spacial score (nSPS) is 18.8. The summed E-state index contributed by atoms with van der Waals surface area (Å²) in [7, 11) is -13.4. The first-order valence-electron chi connectivity index (χ1n) is 20.8. The molecule has 0 saturated heterocycles. The molecular formula is C46H49N2O12S4-3. The van der Waals surface area contributed by atoms with E-state index < -0.39 is 52.7 Å². The third-order valence-corrected chi connectivity index (χ3v) is 15.6. The maximum atomic E-state index is 11.9. The Bertz CT molecular complexity index is 3040. The first-order chi connectivity index (χ1) is 30.0. The molecule has 342 valence electrons. The topological polar surface area (TPSA) is 219 Å². The van der Waals surface area contributed by atoms with Crippen LogP contribution in [0.15, 0.2) is 117 Å². The van der Waals surface area contributed by atoms with E-state index >= 15 is 0 Å². The van der Waals surface area contributed by atoms with Crippen LogP contribution in [0.5, 0.6) is 0 Å². The van der Waals surface area contributed by atoms with Crippen LogP contribution in [0.25, 0.3) is 21.5 Å². The summed E-state index contributed by atoms with van der Waals surface area (Å²) in [6, 6.07) is 17.8. The molecular weight excluding hydrogens is 901 g/mol. The van der Waals surface area contributed by atoms with E-state index in [4.69, 9.17) is 0 Å². The summed E-state index contributed by atoms with van der Waals surface area (Å²) >= 11 is 0.816. The predicted octanol–water partition coefficient (Wildman–Crippen LogP) is 7.43. The van der Waals surface area contributed by atoms with Crippen LogP contribution in [0, 0.1) is 0 Å². The molecule has 4 aromatic rings. The first-order valence-corrected chi connectivity index (χ1v) is 26.1. The van der Waals surface area contributed by atoms with Crippen LogP contribution in [0.1, 0.15) is 84.3 Å². The fraction of sp³-hybridized carbons (Fsp3) is 0.370. The maximum Gasteiger partial charge on any atom is 0.210 e. The Morgan fingerprint density at radius 3 is 2.09 bits per heavy atom. The Morgan fingerprint density at radius 1 is 0.750 bits per heavy atom. The summed E-state index contributed by atoms with van der Waals surface area (Å²) < 4.78 is 111. The molecule has 4 aromatic carbocycles. The Kier molecular flexibility index (Phi) is 13.6. The van der Waals surface area contributed by atoms with Crippen LogP contribution < -0.4 is 10.2 Å². The van der Waals surface area contributed by atoms with E-state index in [-0.39, 0.29) is 17.7 Å². The number of anilines is 1. The summed E-state index contributed by atoms with van der Waals surface area (Å²) in [5.41, 5.74) is 8.14. The minimum atomic E-state index is -4.67. The quantitative estimate of drug-likeness (QED) is 0.0251. The van der Waals surface area contributed by atoms with E-state index in [0.29, 0.717) is 36.2 Å². The van der Waals surface area contributed by atoms with Gasteiger partial charge in [-0.2, -0.15) is 8.91 Å². The van der Waals surface area contributed by atoms with Crippen LogP contribution in [-0.4, -0.2) is 73.8 Å². The largest absolute Gasteiger partial charge is 0.748 e. The van der Waals surface area contributed by atoms with E-state index in [2.05, 4.69) is 77.8 Å². The molecule has 18 heteroatoms. The molecule has 0 fully saturated rings. The van der Waals surface area contributed by atoms with E-state index in [1.807, 2.05) is 36.4 Å². The lowest BCUT2D eigenvalue weighted by atomic mass is 9.79. The van der Waals surface area contributed by atoms with Gasteiger partial charge < -0.3 is 23.8 Å². The Balaban J connectivity index is 1.23. The third kappa shape index (κ3) is 9.96. The molecule has 0 saturated carbocycles. The van der Waals surface area contributed by atoms with Crippen LogP contribution in [0.2, 0.25) is 0 Å². The monoisotopic (exact) mass is 949 g/mol. The van der Waals surface area contributed by atoms with E-state index in [0.717, 1.165) is 91.7 Å². The number of fused-ring (bicyclic) bond motifs is 6. The lowest BCUT2D eigenvalue weighted by Crippen LogP contribution is -2.28. The number of rotatable bonds is 17. The average molecular weight is 950 g/mol. The molecule has 3 aliphatic rings. The lowest BCUT2D eigenvalue weighted by molar-refractivity contribution is -0.777. The number of unbranched alkanes of at least 4 members (excludes halogenated alkanes) is 2. The Hall–Kier alpha value is -4.21. The van der Waals surface area contributed by atoms with Crippen molar-refractivity contribution in [3.05, 3.63) is 119 Å². The summed E-state index contributed by atoms with van der Waals surface area (Å²) in [6.07, 6.45) is 11.4. The molecule has 2 heterocycles. The van der Waals surface area contributed by atoms with Crippen LogP contribution in [0.3, 0.4) is 0 Å². The highest BCUT2D eigenvalue weighted by Gasteiger charge is 2.46. The molecule has 1 aliphatic carbocycles. The molecule has 0 radical (unpaired) electrons. The molecule has 14 nitrogen and oxygen atoms in total. The fourth-order valence-electron chi connectivity index (χ4n) is 9.61. The van der Waals surface area contributed by atoms with Gasteiger partial charge in [-0.1, -0.05) is 44.2 Å². The van der Waals surface area contributed by atoms with Gasteiger partial charge in [0.25, 0.3) is 0 Å². The Morgan fingerprint density at radius 2 is 1.41 bits per heavy atom. The zero-order valence-corrected chi connectivity index (χ0v) is 39.3. The first kappa shape index (κ1) is 47.7. The van der Waals surface area contributed by atoms with Crippen molar-refractivity contribution in [1.29, 1.82) is 0 Å². The zero-order valence-electron chi connectivity index (χ0n) is 36.1. The van der Waals surface area contributed by atoms with Crippen molar-refractivity contribution in [2.24, 2.45) is 0 Å². The molecule has 0 bridgehead atoms. The highest BCUT2D eigenvalue weighted by atomic mass is 32.2. The number of allylic oxidation sites excluding steroid dienone is 8. The second-order valence-corrected chi connectivity index (χ2v) is 22.7. The molecule has 0 amide bonds. The summed E-state index contributed by atoms with van der Waals surface area (Å²) in [4.78, 5) is 2.58. The van der Waals surface area contributed by atoms with Gasteiger partial charge in [0.05, 0.1) is 42.6 Å². The van der Waals surface area contributed by atoms with Crippen molar-refractivity contribution < 1.29 is 58.1 Å². The minimum Gasteiger partial charge on any atom is -0.748 e. The van der Waals surface area contributed by atoms with Gasteiger partial charge in [0.15, 0.2) is 5.71 Å². The minimum absolute atomic E-state index is 0.188. The summed E-state index contributed by atoms with van der Waals surface area (Å²) in [5, 5.41) is 17.3. The summed E-state index contributed by atoms with van der Waals surface area (Å²) in [5.74, 6) is -0.907. The molecule has 0 N–H and O–H groups in total. The van der Waals surface area contributed by atoms with E-state index in [9.17, 15) is 44.2 Å². The van der Waals surface area contributed by atoms with Crippen molar-refractivity contribution in [2.45, 2.75) is 93.8 Å². The number of hydrogen-bond acceptors (Lipinski definition) is 14. The molecule has 0 unspecified atom stereocenters. The van der Waals surface area contributed by atoms with Crippen molar-refractivity contribution in [3.8, 4) is 0 Å². The fourth-order valence-corrected chi connectivity index (χ4v) is 11.6. The van der Waals surface area contributed by atoms with E-state index in [1.165, 1.54) is 12.1 Å². The van der Waals surface area contributed by atoms with Crippen molar-refractivity contribution in [3.63, 3.8) is 0 Å². The molecule has 7 rings (SSSR count). The van der Waals surface area contributed by atoms with Crippen LogP contribution in [0.4, 0.5) is 11.4 Å². The SMILES string of the molecule is CC1=C(C=CC2=[N+](CCCCS(=O)(=O)[O-])c3ccc4cc(S(=O)(=O)[O-])ccc4c3C2(C)C)CCC1=CC=C1N(CCCCS(=O)(=O)[O-])c2ccc3cc(SOO[O-])ccc3c2C1(C)C. The molecule has 64 heavy (non-hydrogen) atoms. The number of benzene rings is 4.